The Bertz CT molecular complexity index is 897. The molecule has 0 saturated heterocycles. The van der Waals surface area contributed by atoms with Crippen molar-refractivity contribution in [2.75, 3.05) is 17.2 Å². The van der Waals surface area contributed by atoms with E-state index in [2.05, 4.69) is 21.8 Å². The number of thioether (sulfide) groups is 1. The van der Waals surface area contributed by atoms with Crippen molar-refractivity contribution in [1.82, 2.24) is 9.97 Å². The van der Waals surface area contributed by atoms with E-state index in [1.165, 1.54) is 12.1 Å². The zero-order valence-corrected chi connectivity index (χ0v) is 13.7. The molecule has 0 saturated carbocycles. The third kappa shape index (κ3) is 3.88. The lowest BCUT2D eigenvalue weighted by Gasteiger charge is -2.11. The molecular formula is C17H13F3N4S. The van der Waals surface area contributed by atoms with Crippen molar-refractivity contribution in [2.45, 2.75) is 6.18 Å². The van der Waals surface area contributed by atoms with Gasteiger partial charge in [-0.25, -0.2) is 4.98 Å². The van der Waals surface area contributed by atoms with Crippen molar-refractivity contribution in [3.63, 3.8) is 0 Å². The quantitative estimate of drug-likeness (QED) is 0.759. The number of allylic oxidation sites excluding steroid dienone is 1. The monoisotopic (exact) mass is 362 g/mol. The van der Waals surface area contributed by atoms with E-state index >= 15 is 0 Å². The van der Waals surface area contributed by atoms with Gasteiger partial charge in [0.25, 0.3) is 0 Å². The minimum absolute atomic E-state index is 0.0436. The fourth-order valence-corrected chi connectivity index (χ4v) is 3.10. The number of nitrogens with zero attached hydrogens (tertiary/aromatic N) is 2. The lowest BCUT2D eigenvalue weighted by molar-refractivity contribution is -0.137. The fourth-order valence-electron chi connectivity index (χ4n) is 2.29. The minimum atomic E-state index is -4.46. The molecule has 128 valence electrons. The van der Waals surface area contributed by atoms with E-state index in [0.717, 1.165) is 17.9 Å². The van der Waals surface area contributed by atoms with Crippen molar-refractivity contribution < 1.29 is 13.2 Å². The number of halogens is 3. The Kier molecular flexibility index (Phi) is 4.59. The largest absolute Gasteiger partial charge is 0.416 e. The molecule has 2 heterocycles. The number of alkyl halides is 3. The average Bonchev–Trinajstić information content (AvgIpc) is 3.06. The first-order valence-electron chi connectivity index (χ1n) is 7.25. The minimum Gasteiger partial charge on any atom is -0.382 e. The number of anilines is 2. The molecule has 1 aromatic heterocycles. The summed E-state index contributed by atoms with van der Waals surface area (Å²) in [6.07, 6.45) is -2.51. The lowest BCUT2D eigenvalue weighted by atomic mass is 10.0. The van der Waals surface area contributed by atoms with Crippen LogP contribution in [0, 0.1) is 17.8 Å². The summed E-state index contributed by atoms with van der Waals surface area (Å²) >= 11 is 1.64. The van der Waals surface area contributed by atoms with Crippen LogP contribution in [0.1, 0.15) is 11.1 Å². The van der Waals surface area contributed by atoms with E-state index < -0.39 is 11.7 Å². The van der Waals surface area contributed by atoms with Crippen molar-refractivity contribution in [3.05, 3.63) is 46.9 Å². The van der Waals surface area contributed by atoms with Crippen LogP contribution in [0.5, 0.6) is 0 Å². The Balaban J connectivity index is 2.11. The number of nitrogen functional groups attached to an aromatic ring is 2. The predicted octanol–water partition coefficient (Wildman–Crippen LogP) is 3.56. The summed E-state index contributed by atoms with van der Waals surface area (Å²) in [5, 5.41) is 1.95. The van der Waals surface area contributed by atoms with Crippen LogP contribution < -0.4 is 11.5 Å². The maximum absolute atomic E-state index is 13.0. The summed E-state index contributed by atoms with van der Waals surface area (Å²) < 4.78 is 38.9. The van der Waals surface area contributed by atoms with E-state index in [9.17, 15) is 13.2 Å². The van der Waals surface area contributed by atoms with Gasteiger partial charge >= 0.3 is 6.18 Å². The van der Waals surface area contributed by atoms with E-state index in [1.54, 1.807) is 11.8 Å². The van der Waals surface area contributed by atoms with Gasteiger partial charge in [-0.2, -0.15) is 18.2 Å². The predicted molar refractivity (Wildman–Crippen MR) is 93.3 cm³/mol. The highest BCUT2D eigenvalue weighted by Gasteiger charge is 2.30. The van der Waals surface area contributed by atoms with Gasteiger partial charge in [0.05, 0.1) is 16.8 Å². The van der Waals surface area contributed by atoms with Crippen molar-refractivity contribution in [2.24, 2.45) is 5.92 Å². The van der Waals surface area contributed by atoms with Gasteiger partial charge in [-0.15, -0.1) is 11.8 Å². The maximum atomic E-state index is 13.0. The van der Waals surface area contributed by atoms with Gasteiger partial charge in [0.1, 0.15) is 5.82 Å². The maximum Gasteiger partial charge on any atom is 0.416 e. The van der Waals surface area contributed by atoms with Crippen LogP contribution in [-0.4, -0.2) is 15.7 Å². The van der Waals surface area contributed by atoms with Gasteiger partial charge < -0.3 is 11.5 Å². The molecule has 4 nitrogen and oxygen atoms in total. The van der Waals surface area contributed by atoms with E-state index in [4.69, 9.17) is 11.5 Å². The van der Waals surface area contributed by atoms with Gasteiger partial charge in [-0.05, 0) is 17.5 Å². The molecule has 25 heavy (non-hydrogen) atoms. The summed E-state index contributed by atoms with van der Waals surface area (Å²) in [6.45, 7) is 0. The Morgan fingerprint density at radius 2 is 2.00 bits per heavy atom. The second kappa shape index (κ2) is 6.69. The van der Waals surface area contributed by atoms with Crippen molar-refractivity contribution >= 4 is 23.5 Å². The average molecular weight is 362 g/mol. The Hall–Kier alpha value is -2.66. The highest BCUT2D eigenvalue weighted by Crippen LogP contribution is 2.33. The van der Waals surface area contributed by atoms with Gasteiger partial charge in [0.15, 0.2) is 0 Å². The van der Waals surface area contributed by atoms with Crippen molar-refractivity contribution in [3.8, 4) is 23.1 Å². The first-order chi connectivity index (χ1) is 11.8. The van der Waals surface area contributed by atoms with Crippen LogP contribution >= 0.6 is 11.8 Å². The van der Waals surface area contributed by atoms with E-state index in [0.29, 0.717) is 0 Å². The molecule has 0 bridgehead atoms. The lowest BCUT2D eigenvalue weighted by Crippen LogP contribution is -2.07. The number of nitrogens with two attached hydrogens (primary N) is 2. The molecular weight excluding hydrogens is 349 g/mol. The molecule has 1 aliphatic rings. The molecule has 4 N–H and O–H groups in total. The van der Waals surface area contributed by atoms with Crippen LogP contribution in [0.4, 0.5) is 24.9 Å². The van der Waals surface area contributed by atoms with Gasteiger partial charge in [-0.3, -0.25) is 0 Å². The van der Waals surface area contributed by atoms with E-state index in [1.807, 2.05) is 11.5 Å². The summed E-state index contributed by atoms with van der Waals surface area (Å²) in [4.78, 5) is 7.94. The molecule has 1 unspecified atom stereocenters. The van der Waals surface area contributed by atoms with Crippen LogP contribution in [0.15, 0.2) is 35.7 Å². The van der Waals surface area contributed by atoms with Crippen LogP contribution in [0.25, 0.3) is 11.3 Å². The van der Waals surface area contributed by atoms with E-state index in [-0.39, 0.29) is 34.5 Å². The molecule has 1 aliphatic heterocycles. The summed E-state index contributed by atoms with van der Waals surface area (Å²) in [6, 6.07) is 4.80. The number of rotatable bonds is 1. The number of aromatic nitrogens is 2. The summed E-state index contributed by atoms with van der Waals surface area (Å²) in [7, 11) is 0. The van der Waals surface area contributed by atoms with Crippen molar-refractivity contribution in [1.29, 1.82) is 0 Å². The third-order valence-electron chi connectivity index (χ3n) is 3.48. The first kappa shape index (κ1) is 17.2. The highest BCUT2D eigenvalue weighted by atomic mass is 32.2. The standard InChI is InChI=1S/C17H13F3N4S/c18-17(19,20)12-3-1-2-11(8-12)14-13(15(21)24-16(22)23-14)5-4-10-6-7-25-9-10/h1-3,6-8,10H,9H2,(H4,21,22,23,24). The molecule has 0 spiro atoms. The third-order valence-corrected chi connectivity index (χ3v) is 4.38. The molecule has 1 aromatic carbocycles. The summed E-state index contributed by atoms with van der Waals surface area (Å²) in [5.74, 6) is 6.74. The molecule has 1 atom stereocenters. The molecule has 0 amide bonds. The highest BCUT2D eigenvalue weighted by molar-refractivity contribution is 8.02. The second-order valence-electron chi connectivity index (χ2n) is 5.31. The summed E-state index contributed by atoms with van der Waals surface area (Å²) in [5.41, 5.74) is 11.4. The number of hydrogen-bond acceptors (Lipinski definition) is 5. The number of hydrogen-bond donors (Lipinski definition) is 2. The van der Waals surface area contributed by atoms with Gasteiger partial charge in [0.2, 0.25) is 5.95 Å². The molecule has 2 aromatic rings. The van der Waals surface area contributed by atoms with Gasteiger partial charge in [0, 0.05) is 17.2 Å². The van der Waals surface area contributed by atoms with Crippen LogP contribution in [0.2, 0.25) is 0 Å². The molecule has 0 fully saturated rings. The topological polar surface area (TPSA) is 77.8 Å². The number of benzene rings is 1. The van der Waals surface area contributed by atoms with Crippen LogP contribution in [0.3, 0.4) is 0 Å². The normalized spacial score (nSPS) is 16.5. The Labute approximate surface area is 146 Å². The molecule has 0 aliphatic carbocycles. The molecule has 0 radical (unpaired) electrons. The first-order valence-corrected chi connectivity index (χ1v) is 8.30. The zero-order chi connectivity index (χ0) is 18.0. The zero-order valence-electron chi connectivity index (χ0n) is 12.8. The van der Waals surface area contributed by atoms with Crippen LogP contribution in [-0.2, 0) is 6.18 Å². The Morgan fingerprint density at radius 1 is 1.20 bits per heavy atom. The molecule has 8 heteroatoms. The SMILES string of the molecule is Nc1nc(N)c(C#CC2C=CSC2)c(-c2cccc(C(F)(F)F)c2)n1. The van der Waals surface area contributed by atoms with Gasteiger partial charge in [-0.1, -0.05) is 30.0 Å². The molecule has 3 rings (SSSR count). The second-order valence-corrected chi connectivity index (χ2v) is 6.25. The smallest absolute Gasteiger partial charge is 0.382 e. The fraction of sp³-hybridized carbons (Fsp3) is 0.176. The Morgan fingerprint density at radius 3 is 2.68 bits per heavy atom.